The van der Waals surface area contributed by atoms with E-state index >= 15 is 0 Å². The van der Waals surface area contributed by atoms with Crippen LogP contribution in [-0.2, 0) is 13.2 Å². The molecule has 0 bridgehead atoms. The van der Waals surface area contributed by atoms with E-state index in [4.69, 9.17) is 55.9 Å². The summed E-state index contributed by atoms with van der Waals surface area (Å²) in [6.45, 7) is 3.05. The van der Waals surface area contributed by atoms with Gasteiger partial charge in [0.25, 0.3) is 0 Å². The highest BCUT2D eigenvalue weighted by Crippen LogP contribution is 2.37. The molecule has 0 atom stereocenters. The Balaban J connectivity index is 1.72. The van der Waals surface area contributed by atoms with E-state index in [1.807, 2.05) is 25.1 Å². The number of hydrazone groups is 1. The van der Waals surface area contributed by atoms with Crippen molar-refractivity contribution in [3.05, 3.63) is 89.8 Å². The van der Waals surface area contributed by atoms with E-state index in [2.05, 4.69) is 26.5 Å². The quantitative estimate of drug-likeness (QED) is 0.206. The van der Waals surface area contributed by atoms with Gasteiger partial charge in [0, 0.05) is 31.2 Å². The summed E-state index contributed by atoms with van der Waals surface area (Å²) in [5.74, 6) is 1.16. The molecule has 32 heavy (non-hydrogen) atoms. The number of nitrogens with zero attached hydrogens (tertiary/aromatic N) is 1. The number of halogens is 5. The van der Waals surface area contributed by atoms with Crippen molar-refractivity contribution < 1.29 is 9.47 Å². The lowest BCUT2D eigenvalue weighted by Gasteiger charge is -2.15. The first-order chi connectivity index (χ1) is 15.4. The number of ether oxygens (including phenoxy) is 2. The van der Waals surface area contributed by atoms with E-state index in [-0.39, 0.29) is 6.61 Å². The molecule has 0 aliphatic rings. The monoisotopic (exact) mass is 574 g/mol. The van der Waals surface area contributed by atoms with Crippen molar-refractivity contribution in [1.29, 1.82) is 0 Å². The van der Waals surface area contributed by atoms with Crippen molar-refractivity contribution in [1.82, 2.24) is 5.43 Å². The molecule has 168 valence electrons. The number of benzene rings is 3. The first-order valence-electron chi connectivity index (χ1n) is 9.61. The number of nitrogens with one attached hydrogen (secondary N) is 1. The Morgan fingerprint density at radius 1 is 0.969 bits per heavy atom. The van der Waals surface area contributed by atoms with Gasteiger partial charge in [-0.15, -0.1) is 0 Å². The average molecular weight is 577 g/mol. The van der Waals surface area contributed by atoms with E-state index in [1.54, 1.807) is 36.5 Å². The van der Waals surface area contributed by atoms with Gasteiger partial charge in [0.1, 0.15) is 6.61 Å². The Morgan fingerprint density at radius 3 is 2.41 bits per heavy atom. The second kappa shape index (κ2) is 12.0. The molecule has 0 heterocycles. The lowest BCUT2D eigenvalue weighted by atomic mass is 10.2. The van der Waals surface area contributed by atoms with Gasteiger partial charge in [0.2, 0.25) is 0 Å². The molecule has 0 unspecified atom stereocenters. The molecule has 3 aromatic carbocycles. The van der Waals surface area contributed by atoms with Crippen LogP contribution in [0.4, 0.5) is 0 Å². The molecule has 1 N–H and O–H groups in total. The van der Waals surface area contributed by atoms with Gasteiger partial charge in [-0.3, -0.25) is 0 Å². The van der Waals surface area contributed by atoms with Crippen LogP contribution in [0.1, 0.15) is 23.6 Å². The zero-order chi connectivity index (χ0) is 23.1. The van der Waals surface area contributed by atoms with Gasteiger partial charge in [0.05, 0.1) is 23.8 Å². The van der Waals surface area contributed by atoms with Crippen LogP contribution >= 0.6 is 62.3 Å². The van der Waals surface area contributed by atoms with Crippen molar-refractivity contribution in [2.24, 2.45) is 5.10 Å². The van der Waals surface area contributed by atoms with Crippen molar-refractivity contribution in [3.8, 4) is 11.5 Å². The fourth-order valence-corrected chi connectivity index (χ4v) is 4.37. The van der Waals surface area contributed by atoms with E-state index in [1.165, 1.54) is 0 Å². The molecule has 3 rings (SSSR count). The van der Waals surface area contributed by atoms with Crippen molar-refractivity contribution in [3.63, 3.8) is 0 Å². The van der Waals surface area contributed by atoms with Crippen LogP contribution in [0.15, 0.2) is 58.1 Å². The minimum Gasteiger partial charge on any atom is -0.490 e. The Hall–Kier alpha value is -1.63. The second-order valence-electron chi connectivity index (χ2n) is 6.58. The summed E-state index contributed by atoms with van der Waals surface area (Å²) in [4.78, 5) is 0. The maximum absolute atomic E-state index is 6.25. The number of rotatable bonds is 9. The summed E-state index contributed by atoms with van der Waals surface area (Å²) in [5.41, 5.74) is 5.38. The van der Waals surface area contributed by atoms with Crippen LogP contribution in [0.5, 0.6) is 11.5 Å². The fourth-order valence-electron chi connectivity index (χ4n) is 2.80. The summed E-state index contributed by atoms with van der Waals surface area (Å²) in [5, 5.41) is 6.55. The molecule has 0 spiro atoms. The molecular formula is C23H19BrCl4N2O2. The minimum absolute atomic E-state index is 0.266. The molecule has 0 aliphatic carbocycles. The van der Waals surface area contributed by atoms with Gasteiger partial charge in [-0.05, 0) is 64.8 Å². The average Bonchev–Trinajstić information content (AvgIpc) is 2.74. The van der Waals surface area contributed by atoms with E-state index in [9.17, 15) is 0 Å². The molecule has 0 fully saturated rings. The van der Waals surface area contributed by atoms with Gasteiger partial charge in [-0.2, -0.15) is 5.10 Å². The Bertz CT molecular complexity index is 1110. The minimum atomic E-state index is 0.266. The van der Waals surface area contributed by atoms with Gasteiger partial charge in [-0.1, -0.05) is 58.5 Å². The third-order valence-corrected chi connectivity index (χ3v) is 6.23. The molecule has 3 aromatic rings. The summed E-state index contributed by atoms with van der Waals surface area (Å²) in [6.07, 6.45) is 1.68. The molecule has 0 aromatic heterocycles. The smallest absolute Gasteiger partial charge is 0.175 e. The predicted octanol–water partition coefficient (Wildman–Crippen LogP) is 8.16. The van der Waals surface area contributed by atoms with Crippen LogP contribution in [0.25, 0.3) is 0 Å². The van der Waals surface area contributed by atoms with Crippen LogP contribution in [-0.4, -0.2) is 12.8 Å². The maximum atomic E-state index is 6.25. The molecule has 0 amide bonds. The summed E-state index contributed by atoms with van der Waals surface area (Å²) >= 11 is 28.1. The van der Waals surface area contributed by atoms with Crippen LogP contribution in [0.2, 0.25) is 20.1 Å². The lowest BCUT2D eigenvalue weighted by molar-refractivity contribution is 0.267. The highest BCUT2D eigenvalue weighted by Gasteiger charge is 2.13. The SMILES string of the molecule is CCOc1cc(/C=N/NCc2c(Cl)cccc2Cl)cc(Br)c1OCc1ccc(Cl)cc1Cl. The Labute approximate surface area is 215 Å². The zero-order valence-corrected chi connectivity index (χ0v) is 21.6. The number of hydrogen-bond acceptors (Lipinski definition) is 4. The molecule has 9 heteroatoms. The largest absolute Gasteiger partial charge is 0.490 e. The number of hydrogen-bond donors (Lipinski definition) is 1. The Kier molecular flexibility index (Phi) is 9.38. The van der Waals surface area contributed by atoms with E-state index in [0.717, 1.165) is 21.2 Å². The van der Waals surface area contributed by atoms with Crippen molar-refractivity contribution >= 4 is 68.5 Å². The normalized spacial score (nSPS) is 11.1. The van der Waals surface area contributed by atoms with Crippen molar-refractivity contribution in [2.75, 3.05) is 6.61 Å². The van der Waals surface area contributed by atoms with Crippen LogP contribution in [0, 0.1) is 0 Å². The topological polar surface area (TPSA) is 42.8 Å². The first kappa shape index (κ1) is 25.0. The second-order valence-corrected chi connectivity index (χ2v) is 9.09. The molecule has 4 nitrogen and oxygen atoms in total. The van der Waals surface area contributed by atoms with Gasteiger partial charge in [0.15, 0.2) is 11.5 Å². The summed E-state index contributed by atoms with van der Waals surface area (Å²) in [7, 11) is 0. The third kappa shape index (κ3) is 6.69. The molecule has 0 radical (unpaired) electrons. The summed E-state index contributed by atoms with van der Waals surface area (Å²) in [6, 6.07) is 14.4. The van der Waals surface area contributed by atoms with E-state index in [0.29, 0.717) is 44.7 Å². The fraction of sp³-hybridized carbons (Fsp3) is 0.174. The summed E-state index contributed by atoms with van der Waals surface area (Å²) < 4.78 is 12.5. The zero-order valence-electron chi connectivity index (χ0n) is 17.0. The van der Waals surface area contributed by atoms with Crippen molar-refractivity contribution in [2.45, 2.75) is 20.1 Å². The predicted molar refractivity (Wildman–Crippen MR) is 137 cm³/mol. The highest BCUT2D eigenvalue weighted by atomic mass is 79.9. The third-order valence-electron chi connectivity index (χ3n) is 4.34. The highest BCUT2D eigenvalue weighted by molar-refractivity contribution is 9.10. The molecule has 0 aliphatic heterocycles. The Morgan fingerprint density at radius 2 is 1.72 bits per heavy atom. The molecule has 0 saturated carbocycles. The van der Waals surface area contributed by atoms with E-state index < -0.39 is 0 Å². The van der Waals surface area contributed by atoms with Gasteiger partial charge in [-0.25, -0.2) is 0 Å². The van der Waals surface area contributed by atoms with Crippen LogP contribution < -0.4 is 14.9 Å². The first-order valence-corrected chi connectivity index (χ1v) is 11.9. The maximum Gasteiger partial charge on any atom is 0.175 e. The van der Waals surface area contributed by atoms with Gasteiger partial charge >= 0.3 is 0 Å². The van der Waals surface area contributed by atoms with Crippen LogP contribution in [0.3, 0.4) is 0 Å². The molecular weight excluding hydrogens is 558 g/mol. The van der Waals surface area contributed by atoms with Gasteiger partial charge < -0.3 is 14.9 Å². The lowest BCUT2D eigenvalue weighted by Crippen LogP contribution is -2.07. The standard InChI is InChI=1S/C23H19BrCl4N2O2/c1-2-31-22-9-14(11-29-30-12-17-19(26)4-3-5-20(17)27)8-18(24)23(22)32-13-15-6-7-16(25)10-21(15)28/h3-11,30H,2,12-13H2,1H3/b29-11+. The molecule has 0 saturated heterocycles.